The minimum absolute atomic E-state index is 0.00157. The summed E-state index contributed by atoms with van der Waals surface area (Å²) in [6.45, 7) is 7.10. The molecule has 0 unspecified atom stereocenters. The molecular formula is C21H32N4O4. The van der Waals surface area contributed by atoms with Crippen molar-refractivity contribution < 1.29 is 18.7 Å². The van der Waals surface area contributed by atoms with Crippen molar-refractivity contribution in [3.05, 3.63) is 41.6 Å². The molecule has 160 valence electrons. The molecule has 0 bridgehead atoms. The van der Waals surface area contributed by atoms with E-state index < -0.39 is 0 Å². The molecule has 1 fully saturated rings. The second-order valence-electron chi connectivity index (χ2n) is 7.77. The summed E-state index contributed by atoms with van der Waals surface area (Å²) in [5, 5.41) is 7.94. The third-order valence-corrected chi connectivity index (χ3v) is 5.28. The molecule has 1 N–H and O–H groups in total. The largest absolute Gasteiger partial charge is 0.462 e. The third-order valence-electron chi connectivity index (χ3n) is 5.28. The van der Waals surface area contributed by atoms with Gasteiger partial charge in [-0.05, 0) is 26.0 Å². The van der Waals surface area contributed by atoms with E-state index in [0.29, 0.717) is 39.3 Å². The van der Waals surface area contributed by atoms with Crippen LogP contribution in [0.1, 0.15) is 49.4 Å². The molecular weight excluding hydrogens is 372 g/mol. The van der Waals surface area contributed by atoms with Gasteiger partial charge in [-0.1, -0.05) is 0 Å². The molecule has 2 atom stereocenters. The second kappa shape index (κ2) is 10.0. The summed E-state index contributed by atoms with van der Waals surface area (Å²) in [5.41, 5.74) is 1.08. The molecule has 0 saturated carbocycles. The Kier molecular flexibility index (Phi) is 7.46. The Morgan fingerprint density at radius 1 is 1.28 bits per heavy atom. The van der Waals surface area contributed by atoms with E-state index in [-0.39, 0.29) is 23.9 Å². The summed E-state index contributed by atoms with van der Waals surface area (Å²) in [4.78, 5) is 14.6. The van der Waals surface area contributed by atoms with Crippen LogP contribution >= 0.6 is 0 Å². The number of hydrogen-bond donors (Lipinski definition) is 1. The highest BCUT2D eigenvalue weighted by molar-refractivity contribution is 5.79. The Balaban J connectivity index is 1.67. The number of likely N-dealkylation sites (tertiary alicyclic amines) is 1. The van der Waals surface area contributed by atoms with Crippen molar-refractivity contribution in [1.82, 2.24) is 20.0 Å². The fraction of sp³-hybridized carbons (Fsp3) is 0.619. The normalized spacial score (nSPS) is 19.6. The monoisotopic (exact) mass is 404 g/mol. The summed E-state index contributed by atoms with van der Waals surface area (Å²) in [6, 6.07) is 4.16. The van der Waals surface area contributed by atoms with Crippen molar-refractivity contribution in [3.8, 4) is 0 Å². The first-order valence-corrected chi connectivity index (χ1v) is 10.1. The van der Waals surface area contributed by atoms with Crippen molar-refractivity contribution >= 4 is 5.91 Å². The predicted octanol–water partition coefficient (Wildman–Crippen LogP) is 2.53. The molecule has 8 heteroatoms. The first-order valence-electron chi connectivity index (χ1n) is 10.1. The van der Waals surface area contributed by atoms with Gasteiger partial charge in [-0.15, -0.1) is 0 Å². The number of furan rings is 1. The van der Waals surface area contributed by atoms with Gasteiger partial charge in [0.05, 0.1) is 25.4 Å². The zero-order valence-electron chi connectivity index (χ0n) is 17.8. The second-order valence-corrected chi connectivity index (χ2v) is 7.77. The molecule has 1 amide bonds. The summed E-state index contributed by atoms with van der Waals surface area (Å²) in [5.74, 6) is 2.00. The smallest absolute Gasteiger partial charge is 0.223 e. The molecule has 1 aliphatic heterocycles. The highest BCUT2D eigenvalue weighted by Gasteiger charge is 2.40. The summed E-state index contributed by atoms with van der Waals surface area (Å²) < 4.78 is 18.0. The van der Waals surface area contributed by atoms with Crippen LogP contribution in [0.2, 0.25) is 0 Å². The van der Waals surface area contributed by atoms with Gasteiger partial charge in [0, 0.05) is 57.4 Å². The number of nitrogens with zero attached hydrogens (tertiary/aromatic N) is 3. The minimum Gasteiger partial charge on any atom is -0.462 e. The minimum atomic E-state index is -0.00157. The molecule has 0 aromatic carbocycles. The number of aromatic nitrogens is 2. The number of nitrogens with one attached hydrogen (secondary N) is 1. The maximum atomic E-state index is 12.7. The van der Waals surface area contributed by atoms with Crippen LogP contribution in [-0.4, -0.2) is 54.5 Å². The van der Waals surface area contributed by atoms with Gasteiger partial charge >= 0.3 is 0 Å². The Bertz CT molecular complexity index is 785. The van der Waals surface area contributed by atoms with Crippen molar-refractivity contribution in [2.45, 2.75) is 45.5 Å². The molecule has 0 radical (unpaired) electrons. The van der Waals surface area contributed by atoms with Crippen LogP contribution < -0.4 is 5.32 Å². The van der Waals surface area contributed by atoms with Gasteiger partial charge < -0.3 is 24.1 Å². The Hall–Kier alpha value is -2.16. The molecule has 0 spiro atoms. The molecule has 1 aliphatic rings. The fourth-order valence-electron chi connectivity index (χ4n) is 3.86. The van der Waals surface area contributed by atoms with Crippen LogP contribution in [0.15, 0.2) is 28.9 Å². The van der Waals surface area contributed by atoms with Gasteiger partial charge in [-0.25, -0.2) is 0 Å². The van der Waals surface area contributed by atoms with Gasteiger partial charge in [-0.2, -0.15) is 5.10 Å². The third kappa shape index (κ3) is 5.26. The number of methoxy groups -OCH3 is 2. The zero-order chi connectivity index (χ0) is 20.8. The van der Waals surface area contributed by atoms with Crippen LogP contribution in [0.5, 0.6) is 0 Å². The van der Waals surface area contributed by atoms with E-state index in [1.54, 1.807) is 14.2 Å². The number of hydrogen-bond acceptors (Lipinski definition) is 6. The number of carbonyl (C=O) groups excluding carboxylic acids is 1. The number of carbonyl (C=O) groups is 1. The average Bonchev–Trinajstić information content (AvgIpc) is 3.40. The highest BCUT2D eigenvalue weighted by Crippen LogP contribution is 2.37. The fourth-order valence-corrected chi connectivity index (χ4v) is 3.86. The molecule has 8 nitrogen and oxygen atoms in total. The van der Waals surface area contributed by atoms with Gasteiger partial charge in [0.15, 0.2) is 0 Å². The van der Waals surface area contributed by atoms with Crippen LogP contribution in [0, 0.1) is 5.92 Å². The number of rotatable bonds is 11. The van der Waals surface area contributed by atoms with Crippen LogP contribution in [-0.2, 0) is 27.4 Å². The van der Waals surface area contributed by atoms with E-state index in [2.05, 4.69) is 30.5 Å². The van der Waals surface area contributed by atoms with Gasteiger partial charge in [0.2, 0.25) is 5.91 Å². The average molecular weight is 405 g/mol. The van der Waals surface area contributed by atoms with Crippen molar-refractivity contribution in [2.75, 3.05) is 33.9 Å². The molecule has 1 saturated heterocycles. The molecule has 3 rings (SSSR count). The maximum absolute atomic E-state index is 12.7. The first kappa shape index (κ1) is 21.5. The lowest BCUT2D eigenvalue weighted by Gasteiger charge is -2.27. The van der Waals surface area contributed by atoms with Gasteiger partial charge in [0.1, 0.15) is 18.1 Å². The topological polar surface area (TPSA) is 81.8 Å². The van der Waals surface area contributed by atoms with Gasteiger partial charge in [0.25, 0.3) is 0 Å². The van der Waals surface area contributed by atoms with E-state index >= 15 is 0 Å². The Labute approximate surface area is 172 Å². The quantitative estimate of drug-likeness (QED) is 0.620. The van der Waals surface area contributed by atoms with E-state index in [1.165, 1.54) is 0 Å². The Morgan fingerprint density at radius 2 is 2.07 bits per heavy atom. The van der Waals surface area contributed by atoms with E-state index in [4.69, 9.17) is 13.9 Å². The molecule has 3 heterocycles. The lowest BCUT2D eigenvalue weighted by atomic mass is 9.95. The maximum Gasteiger partial charge on any atom is 0.223 e. The lowest BCUT2D eigenvalue weighted by molar-refractivity contribution is -0.129. The zero-order valence-corrected chi connectivity index (χ0v) is 17.8. The molecule has 29 heavy (non-hydrogen) atoms. The van der Waals surface area contributed by atoms with Crippen LogP contribution in [0.3, 0.4) is 0 Å². The van der Waals surface area contributed by atoms with Crippen molar-refractivity contribution in [1.29, 1.82) is 0 Å². The van der Waals surface area contributed by atoms with Gasteiger partial charge in [-0.3, -0.25) is 9.48 Å². The SMILES string of the molecule is COCCN1C(=O)C[C@@H](CNCc2ccc(COC)o2)[C@@H]1c1cnn(C(C)C)c1. The van der Waals surface area contributed by atoms with E-state index in [9.17, 15) is 4.79 Å². The predicted molar refractivity (Wildman–Crippen MR) is 108 cm³/mol. The summed E-state index contributed by atoms with van der Waals surface area (Å²) in [6.07, 6.45) is 4.46. The van der Waals surface area contributed by atoms with Crippen molar-refractivity contribution in [2.24, 2.45) is 5.92 Å². The van der Waals surface area contributed by atoms with E-state index in [0.717, 1.165) is 17.1 Å². The standard InChI is InChI=1S/C21H32N4O4/c1-15(2)25-13-17(11-23-25)21-16(9-20(26)24(21)7-8-27-3)10-22-12-18-5-6-19(29-18)14-28-4/h5-6,11,13,15-16,21-22H,7-10,12,14H2,1-4H3/t16-,21+/m0/s1. The van der Waals surface area contributed by atoms with E-state index in [1.807, 2.05) is 27.9 Å². The van der Waals surface area contributed by atoms with Crippen LogP contribution in [0.25, 0.3) is 0 Å². The lowest BCUT2D eigenvalue weighted by Crippen LogP contribution is -2.33. The number of ether oxygens (including phenoxy) is 2. The number of amides is 1. The highest BCUT2D eigenvalue weighted by atomic mass is 16.5. The first-order chi connectivity index (χ1) is 14.0. The molecule has 2 aromatic rings. The van der Waals surface area contributed by atoms with Crippen molar-refractivity contribution in [3.63, 3.8) is 0 Å². The molecule has 2 aromatic heterocycles. The summed E-state index contributed by atoms with van der Waals surface area (Å²) in [7, 11) is 3.31. The molecule has 0 aliphatic carbocycles. The van der Waals surface area contributed by atoms with Crippen LogP contribution in [0.4, 0.5) is 0 Å². The Morgan fingerprint density at radius 3 is 2.76 bits per heavy atom. The summed E-state index contributed by atoms with van der Waals surface area (Å²) >= 11 is 0.